The van der Waals surface area contributed by atoms with Gasteiger partial charge < -0.3 is 10.2 Å². The van der Waals surface area contributed by atoms with Crippen LogP contribution in [0.25, 0.3) is 39.6 Å². The number of benzene rings is 2. The van der Waals surface area contributed by atoms with Gasteiger partial charge in [0.25, 0.3) is 5.71 Å². The second-order valence-corrected chi connectivity index (χ2v) is 5.70. The van der Waals surface area contributed by atoms with E-state index in [1.54, 1.807) is 4.52 Å². The predicted octanol–water partition coefficient (Wildman–Crippen LogP) is 3.79. The predicted molar refractivity (Wildman–Crippen MR) is 95.8 cm³/mol. The molecule has 0 saturated carbocycles. The lowest BCUT2D eigenvalue weighted by atomic mass is 10.2. The Hall–Kier alpha value is -3.67. The first kappa shape index (κ1) is 13.7. The molecule has 120 valence electrons. The molecule has 0 saturated heterocycles. The van der Waals surface area contributed by atoms with Gasteiger partial charge in [0.15, 0.2) is 17.0 Å². The Kier molecular flexibility index (Phi) is 2.84. The SMILES string of the molecule is Nc1c2nc(-c3ccccc3)oc2nc2cc(-c3ccccc3)nn12. The first-order valence-corrected chi connectivity index (χ1v) is 7.86. The zero-order valence-electron chi connectivity index (χ0n) is 13.1. The fraction of sp³-hybridized carbons (Fsp3) is 0. The van der Waals surface area contributed by atoms with Crippen molar-refractivity contribution in [3.63, 3.8) is 0 Å². The molecule has 25 heavy (non-hydrogen) atoms. The van der Waals surface area contributed by atoms with E-state index in [4.69, 9.17) is 10.2 Å². The Labute approximate surface area is 142 Å². The highest BCUT2D eigenvalue weighted by molar-refractivity contribution is 5.85. The molecule has 6 heteroatoms. The van der Waals surface area contributed by atoms with Crippen molar-refractivity contribution in [1.29, 1.82) is 0 Å². The fourth-order valence-electron chi connectivity index (χ4n) is 2.84. The van der Waals surface area contributed by atoms with Crippen LogP contribution in [0.1, 0.15) is 0 Å². The molecule has 0 aliphatic carbocycles. The molecule has 6 nitrogen and oxygen atoms in total. The Bertz CT molecular complexity index is 1100. The summed E-state index contributed by atoms with van der Waals surface area (Å²) in [5.74, 6) is 0.902. The van der Waals surface area contributed by atoms with E-state index in [0.29, 0.717) is 28.6 Å². The van der Waals surface area contributed by atoms with Crippen molar-refractivity contribution in [2.24, 2.45) is 0 Å². The zero-order chi connectivity index (χ0) is 16.8. The van der Waals surface area contributed by atoms with Crippen LogP contribution in [0.2, 0.25) is 0 Å². The molecule has 2 N–H and O–H groups in total. The molecule has 0 amide bonds. The quantitative estimate of drug-likeness (QED) is 0.533. The summed E-state index contributed by atoms with van der Waals surface area (Å²) in [6.07, 6.45) is 0. The summed E-state index contributed by atoms with van der Waals surface area (Å²) < 4.78 is 7.41. The van der Waals surface area contributed by atoms with Crippen molar-refractivity contribution in [3.8, 4) is 22.7 Å². The molecular weight excluding hydrogens is 314 g/mol. The maximum atomic E-state index is 6.28. The number of hydrogen-bond acceptors (Lipinski definition) is 5. The van der Waals surface area contributed by atoms with Crippen LogP contribution in [-0.4, -0.2) is 19.6 Å². The fourth-order valence-corrected chi connectivity index (χ4v) is 2.84. The van der Waals surface area contributed by atoms with Crippen LogP contribution in [0.4, 0.5) is 5.82 Å². The van der Waals surface area contributed by atoms with E-state index >= 15 is 0 Å². The molecular formula is C19H13N5O. The molecule has 5 aromatic rings. The van der Waals surface area contributed by atoms with E-state index in [2.05, 4.69) is 15.1 Å². The number of aromatic nitrogens is 4. The summed E-state index contributed by atoms with van der Waals surface area (Å²) in [6, 6.07) is 21.4. The zero-order valence-corrected chi connectivity index (χ0v) is 13.1. The topological polar surface area (TPSA) is 82.2 Å². The molecule has 0 fully saturated rings. The Morgan fingerprint density at radius 3 is 2.24 bits per heavy atom. The Balaban J connectivity index is 1.71. The third-order valence-corrected chi connectivity index (χ3v) is 4.08. The number of fused-ring (bicyclic) bond motifs is 2. The highest BCUT2D eigenvalue weighted by Gasteiger charge is 2.17. The number of hydrogen-bond donors (Lipinski definition) is 1. The van der Waals surface area contributed by atoms with Gasteiger partial charge in [-0.2, -0.15) is 14.6 Å². The van der Waals surface area contributed by atoms with Gasteiger partial charge in [-0.3, -0.25) is 0 Å². The van der Waals surface area contributed by atoms with Crippen molar-refractivity contribution < 1.29 is 4.42 Å². The van der Waals surface area contributed by atoms with E-state index in [1.165, 1.54) is 0 Å². The Morgan fingerprint density at radius 2 is 1.52 bits per heavy atom. The highest BCUT2D eigenvalue weighted by atomic mass is 16.4. The summed E-state index contributed by atoms with van der Waals surface area (Å²) in [6.45, 7) is 0. The van der Waals surface area contributed by atoms with Gasteiger partial charge in [0, 0.05) is 17.2 Å². The Morgan fingerprint density at radius 1 is 0.840 bits per heavy atom. The maximum absolute atomic E-state index is 6.28. The molecule has 0 bridgehead atoms. The smallest absolute Gasteiger partial charge is 0.253 e. The normalized spacial score (nSPS) is 11.4. The van der Waals surface area contributed by atoms with Gasteiger partial charge in [-0.1, -0.05) is 48.5 Å². The first-order valence-electron chi connectivity index (χ1n) is 7.86. The molecule has 3 aromatic heterocycles. The average Bonchev–Trinajstić information content (AvgIpc) is 3.28. The third kappa shape index (κ3) is 2.15. The molecule has 0 aliphatic rings. The third-order valence-electron chi connectivity index (χ3n) is 4.08. The lowest BCUT2D eigenvalue weighted by Crippen LogP contribution is -2.01. The summed E-state index contributed by atoms with van der Waals surface area (Å²) in [5, 5.41) is 4.56. The molecule has 0 aliphatic heterocycles. The monoisotopic (exact) mass is 327 g/mol. The second kappa shape index (κ2) is 5.17. The van der Waals surface area contributed by atoms with E-state index in [-0.39, 0.29) is 0 Å². The maximum Gasteiger partial charge on any atom is 0.253 e. The highest BCUT2D eigenvalue weighted by Crippen LogP contribution is 2.28. The number of nitrogen functional groups attached to an aromatic ring is 1. The van der Waals surface area contributed by atoms with Crippen molar-refractivity contribution in [2.75, 3.05) is 5.73 Å². The number of nitrogens with two attached hydrogens (primary N) is 1. The van der Waals surface area contributed by atoms with E-state index in [1.807, 2.05) is 66.7 Å². The van der Waals surface area contributed by atoms with Crippen LogP contribution in [0.3, 0.4) is 0 Å². The first-order chi connectivity index (χ1) is 12.3. The summed E-state index contributed by atoms with van der Waals surface area (Å²) >= 11 is 0. The molecule has 2 aromatic carbocycles. The van der Waals surface area contributed by atoms with Gasteiger partial charge in [-0.05, 0) is 12.1 Å². The van der Waals surface area contributed by atoms with Crippen LogP contribution in [0.5, 0.6) is 0 Å². The van der Waals surface area contributed by atoms with Gasteiger partial charge in [0.2, 0.25) is 5.89 Å². The van der Waals surface area contributed by atoms with Crippen LogP contribution >= 0.6 is 0 Å². The summed E-state index contributed by atoms with van der Waals surface area (Å²) in [7, 11) is 0. The lowest BCUT2D eigenvalue weighted by Gasteiger charge is -1.97. The van der Waals surface area contributed by atoms with E-state index in [0.717, 1.165) is 16.8 Å². The number of oxazole rings is 1. The van der Waals surface area contributed by atoms with E-state index < -0.39 is 0 Å². The van der Waals surface area contributed by atoms with Gasteiger partial charge in [-0.25, -0.2) is 4.98 Å². The molecule has 5 rings (SSSR count). The minimum atomic E-state index is 0.406. The molecule has 0 radical (unpaired) electrons. The minimum absolute atomic E-state index is 0.406. The number of rotatable bonds is 2. The molecule has 3 heterocycles. The standard InChI is InChI=1S/C19H13N5O/c20-17-16-19(25-18(22-16)13-9-5-2-6-10-13)21-15-11-14(23-24(15)17)12-7-3-1-4-8-12/h1-11H,20H2. The van der Waals surface area contributed by atoms with Crippen LogP contribution in [-0.2, 0) is 0 Å². The van der Waals surface area contributed by atoms with Crippen molar-refractivity contribution >= 4 is 22.7 Å². The van der Waals surface area contributed by atoms with Crippen molar-refractivity contribution in [1.82, 2.24) is 19.6 Å². The summed E-state index contributed by atoms with van der Waals surface area (Å²) in [4.78, 5) is 9.02. The minimum Gasteiger partial charge on any atom is -0.417 e. The molecule has 0 spiro atoms. The van der Waals surface area contributed by atoms with Gasteiger partial charge >= 0.3 is 0 Å². The van der Waals surface area contributed by atoms with Crippen LogP contribution in [0, 0.1) is 0 Å². The van der Waals surface area contributed by atoms with Crippen LogP contribution < -0.4 is 5.73 Å². The average molecular weight is 327 g/mol. The second-order valence-electron chi connectivity index (χ2n) is 5.70. The lowest BCUT2D eigenvalue weighted by molar-refractivity contribution is 0.608. The van der Waals surface area contributed by atoms with Gasteiger partial charge in [-0.15, -0.1) is 0 Å². The van der Waals surface area contributed by atoms with E-state index in [9.17, 15) is 0 Å². The van der Waals surface area contributed by atoms with Crippen LogP contribution in [0.15, 0.2) is 71.1 Å². The van der Waals surface area contributed by atoms with Gasteiger partial charge in [0.05, 0.1) is 5.69 Å². The molecule has 0 unspecified atom stereocenters. The largest absolute Gasteiger partial charge is 0.417 e. The van der Waals surface area contributed by atoms with Crippen molar-refractivity contribution in [3.05, 3.63) is 66.7 Å². The number of anilines is 1. The van der Waals surface area contributed by atoms with Gasteiger partial charge in [0.1, 0.15) is 0 Å². The summed E-state index contributed by atoms with van der Waals surface area (Å²) in [5.41, 5.74) is 10.5. The number of nitrogens with zero attached hydrogens (tertiary/aromatic N) is 4. The molecule has 0 atom stereocenters. The van der Waals surface area contributed by atoms with Crippen molar-refractivity contribution in [2.45, 2.75) is 0 Å².